The molecule has 3 aromatic rings. The van der Waals surface area contributed by atoms with Crippen molar-refractivity contribution in [2.24, 2.45) is 0 Å². The highest BCUT2D eigenvalue weighted by molar-refractivity contribution is 7.96. The third-order valence-electron chi connectivity index (χ3n) is 4.79. The highest BCUT2D eigenvalue weighted by atomic mass is 32.2. The van der Waals surface area contributed by atoms with Gasteiger partial charge in [0.2, 0.25) is 0 Å². The fourth-order valence-corrected chi connectivity index (χ4v) is 8.60. The summed E-state index contributed by atoms with van der Waals surface area (Å²) >= 11 is 0. The predicted molar refractivity (Wildman–Crippen MR) is 113 cm³/mol. The van der Waals surface area contributed by atoms with E-state index in [0.29, 0.717) is 11.1 Å². The Bertz CT molecular complexity index is 1050. The molecular formula is C21H22O5PS+. The molecule has 0 spiro atoms. The van der Waals surface area contributed by atoms with Crippen LogP contribution in [0.3, 0.4) is 0 Å². The Hall–Kier alpha value is -2.40. The Kier molecular flexibility index (Phi) is 5.75. The van der Waals surface area contributed by atoms with Gasteiger partial charge in [0.05, 0.1) is 18.7 Å². The van der Waals surface area contributed by atoms with Crippen LogP contribution in [0.15, 0.2) is 77.7 Å². The van der Waals surface area contributed by atoms with Gasteiger partial charge in [-0.15, -0.1) is 0 Å². The van der Waals surface area contributed by atoms with Crippen LogP contribution in [0.4, 0.5) is 0 Å². The first-order valence-corrected chi connectivity index (χ1v) is 12.2. The molecular weight excluding hydrogens is 395 g/mol. The molecule has 1 N–H and O–H groups in total. The van der Waals surface area contributed by atoms with Crippen LogP contribution in [-0.4, -0.2) is 38.6 Å². The molecule has 28 heavy (non-hydrogen) atoms. The number of hydrogen-bond acceptors (Lipinski definition) is 4. The van der Waals surface area contributed by atoms with E-state index >= 15 is 0 Å². The number of hydrogen-bond donors (Lipinski definition) is 0. The summed E-state index contributed by atoms with van der Waals surface area (Å²) in [6.07, 6.45) is 0. The van der Waals surface area contributed by atoms with Gasteiger partial charge in [0.15, 0.2) is 18.2 Å². The smallest absolute Gasteiger partial charge is 0.298 e. The van der Waals surface area contributed by atoms with Crippen LogP contribution in [0.25, 0.3) is 0 Å². The molecule has 0 heterocycles. The van der Waals surface area contributed by atoms with Crippen molar-refractivity contribution in [1.29, 1.82) is 0 Å². The summed E-state index contributed by atoms with van der Waals surface area (Å²) < 4.78 is 46.2. The molecule has 3 aromatic carbocycles. The topological polar surface area (TPSA) is 79.2 Å². The highest BCUT2D eigenvalue weighted by Crippen LogP contribution is 2.56. The minimum Gasteiger partial charge on any atom is -0.744 e. The van der Waals surface area contributed by atoms with Crippen LogP contribution in [0, 0.1) is 0 Å². The second-order valence-electron chi connectivity index (χ2n) is 6.31. The maximum atomic E-state index is 12.1. The zero-order chi connectivity index (χ0) is 20.4. The minimum atomic E-state index is -4.67. The number of benzene rings is 3. The molecule has 0 aromatic heterocycles. The van der Waals surface area contributed by atoms with Crippen molar-refractivity contribution < 1.29 is 22.4 Å². The van der Waals surface area contributed by atoms with Crippen molar-refractivity contribution in [3.8, 4) is 11.5 Å². The average Bonchev–Trinajstić information content (AvgIpc) is 2.72. The van der Waals surface area contributed by atoms with Crippen molar-refractivity contribution >= 4 is 33.3 Å². The van der Waals surface area contributed by atoms with Crippen LogP contribution < -0.4 is 20.7 Å². The van der Waals surface area contributed by atoms with Gasteiger partial charge < -0.3 is 14.0 Å². The lowest BCUT2D eigenvalue weighted by molar-refractivity contribution is 0.139. The molecule has 0 fully saturated rings. The molecule has 0 amide bonds. The van der Waals surface area contributed by atoms with Crippen molar-refractivity contribution in [3.05, 3.63) is 72.8 Å². The van der Waals surface area contributed by atoms with Crippen LogP contribution in [-0.2, 0) is 10.1 Å². The fraction of sp³-hybridized carbons (Fsp3) is 0.143. The van der Waals surface area contributed by atoms with Gasteiger partial charge in [-0.05, 0) is 30.3 Å². The predicted octanol–water partition coefficient (Wildman–Crippen LogP) is 2.39. The van der Waals surface area contributed by atoms with Crippen molar-refractivity contribution in [3.63, 3.8) is 0 Å². The summed E-state index contributed by atoms with van der Waals surface area (Å²) in [6.45, 7) is 2.00. The maximum absolute atomic E-state index is 12.1. The zero-order valence-corrected chi connectivity index (χ0v) is 17.6. The Labute approximate surface area is 166 Å². The van der Waals surface area contributed by atoms with Crippen molar-refractivity contribution in [2.75, 3.05) is 20.9 Å². The molecule has 146 valence electrons. The van der Waals surface area contributed by atoms with E-state index in [9.17, 15) is 13.0 Å². The van der Waals surface area contributed by atoms with Gasteiger partial charge in [0.25, 0.3) is 5.75 Å². The summed E-state index contributed by atoms with van der Waals surface area (Å²) in [6, 6.07) is 21.5. The van der Waals surface area contributed by atoms with E-state index in [0.717, 1.165) is 16.4 Å². The first-order chi connectivity index (χ1) is 13.3. The van der Waals surface area contributed by atoms with E-state index < -0.39 is 17.4 Å². The van der Waals surface area contributed by atoms with E-state index in [4.69, 9.17) is 4.74 Å². The van der Waals surface area contributed by atoms with E-state index in [1.807, 2.05) is 55.2 Å². The molecule has 0 saturated carbocycles. The van der Waals surface area contributed by atoms with E-state index in [1.165, 1.54) is 6.07 Å². The summed E-state index contributed by atoms with van der Waals surface area (Å²) in [5, 5.41) is 2.23. The number of aromatic hydroxyl groups is 1. The van der Waals surface area contributed by atoms with Gasteiger partial charge in [-0.1, -0.05) is 36.4 Å². The molecule has 0 bridgehead atoms. The fourth-order valence-electron chi connectivity index (χ4n) is 3.46. The highest BCUT2D eigenvalue weighted by Gasteiger charge is 2.48. The van der Waals surface area contributed by atoms with Gasteiger partial charge in [0, 0.05) is 6.07 Å². The second-order valence-corrected chi connectivity index (χ2v) is 11.1. The van der Waals surface area contributed by atoms with Crippen LogP contribution in [0.2, 0.25) is 0 Å². The molecule has 5 nitrogen and oxygen atoms in total. The molecule has 0 aliphatic carbocycles. The third-order valence-corrected chi connectivity index (χ3v) is 9.86. The van der Waals surface area contributed by atoms with Gasteiger partial charge in [-0.3, -0.25) is 0 Å². The zero-order valence-electron chi connectivity index (χ0n) is 15.9. The number of rotatable bonds is 6. The van der Waals surface area contributed by atoms with E-state index in [1.54, 1.807) is 32.4 Å². The third kappa shape index (κ3) is 3.51. The lowest BCUT2D eigenvalue weighted by Crippen LogP contribution is -2.34. The summed E-state index contributed by atoms with van der Waals surface area (Å²) in [5.74, 6) is 1.39. The largest absolute Gasteiger partial charge is 0.744 e. The van der Waals surface area contributed by atoms with E-state index in [-0.39, 0.29) is 4.90 Å². The summed E-state index contributed by atoms with van der Waals surface area (Å²) in [5.41, 5.74) is 0. The van der Waals surface area contributed by atoms with Crippen molar-refractivity contribution in [2.45, 2.75) is 4.90 Å². The average molecular weight is 417 g/mol. The van der Waals surface area contributed by atoms with Crippen molar-refractivity contribution in [1.82, 2.24) is 0 Å². The van der Waals surface area contributed by atoms with Gasteiger partial charge in [0.1, 0.15) is 28.0 Å². The monoisotopic (exact) mass is 417 g/mol. The molecule has 0 aliphatic heterocycles. The molecule has 0 radical (unpaired) electrons. The van der Waals surface area contributed by atoms with Crippen LogP contribution in [0.1, 0.15) is 0 Å². The molecule has 1 atom stereocenters. The van der Waals surface area contributed by atoms with Gasteiger partial charge >= 0.3 is 0 Å². The summed E-state index contributed by atoms with van der Waals surface area (Å²) in [4.78, 5) is -0.206. The molecule has 3 rings (SSSR count). The number of aliphatic hydroxyl groups is 1. The quantitative estimate of drug-likeness (QED) is 0.351. The van der Waals surface area contributed by atoms with E-state index in [2.05, 4.69) is 4.74 Å². The maximum Gasteiger partial charge on any atom is 0.298 e. The van der Waals surface area contributed by atoms with Gasteiger partial charge in [-0.2, -0.15) is 0 Å². The lowest BCUT2D eigenvalue weighted by Gasteiger charge is -2.26. The Morgan fingerprint density at radius 1 is 0.857 bits per heavy atom. The van der Waals surface area contributed by atoms with Crippen LogP contribution >= 0.6 is 7.26 Å². The SMILES string of the molecule is COc1ccccc1[P+](C)(c1ccccc1[OH+]C)c1ccccc1S(=O)(=O)[O-]. The standard InChI is InChI=1S/C21H21O5PS/c1-25-16-10-4-6-12-18(16)27(3,19-13-7-5-11-17(19)26-2)20-14-8-9-15-21(20)28(22,23)24/h4-15H,1-3H3/p+1. The molecule has 0 saturated heterocycles. The lowest BCUT2D eigenvalue weighted by atomic mass is 10.3. The summed E-state index contributed by atoms with van der Waals surface area (Å²) in [7, 11) is -3.96. The first-order valence-electron chi connectivity index (χ1n) is 8.59. The molecule has 1 unspecified atom stereocenters. The normalized spacial score (nSPS) is 13.6. The number of para-hydroxylation sites is 2. The van der Waals surface area contributed by atoms with Gasteiger partial charge in [-0.25, -0.2) is 8.42 Å². The Balaban J connectivity index is 2.48. The molecule has 0 aliphatic rings. The Morgan fingerprint density at radius 3 is 2.00 bits per heavy atom. The minimum absolute atomic E-state index is 0.206. The Morgan fingerprint density at radius 2 is 1.39 bits per heavy atom. The second kappa shape index (κ2) is 7.92. The number of methoxy groups -OCH3 is 1. The van der Waals surface area contributed by atoms with Crippen LogP contribution in [0.5, 0.6) is 11.5 Å². The first kappa shape index (κ1) is 20.3. The number of ether oxygens (including phenoxy) is 2. The molecule has 7 heteroatoms.